The predicted octanol–water partition coefficient (Wildman–Crippen LogP) is 4.82. The number of H-pyrrole nitrogens is 1. The third-order valence-electron chi connectivity index (χ3n) is 7.68. The van der Waals surface area contributed by atoms with Crippen LogP contribution in [0, 0.1) is 17.2 Å². The second-order valence-electron chi connectivity index (χ2n) is 10.3. The molecule has 5 atom stereocenters. The Morgan fingerprint density at radius 2 is 2.00 bits per heavy atom. The number of nitrogens with one attached hydrogen (secondary N) is 1. The molecule has 8 nitrogen and oxygen atoms in total. The molecule has 2 fully saturated rings. The van der Waals surface area contributed by atoms with Crippen LogP contribution in [0.25, 0.3) is 27.9 Å². The first-order chi connectivity index (χ1) is 18.4. The lowest BCUT2D eigenvalue weighted by Gasteiger charge is -2.21. The van der Waals surface area contributed by atoms with Crippen molar-refractivity contribution in [3.8, 4) is 23.2 Å². The number of Topliss-reactive ketones (excluding diaryl/α,β-unsaturated/α-hetero) is 1. The lowest BCUT2D eigenvalue weighted by molar-refractivity contribution is -0.117. The second-order valence-corrected chi connectivity index (χ2v) is 10.7. The molecule has 4 heterocycles. The number of hydrogen-bond donors (Lipinski definition) is 2. The molecule has 0 bridgehead atoms. The van der Waals surface area contributed by atoms with Gasteiger partial charge >= 0.3 is 0 Å². The lowest BCUT2D eigenvalue weighted by atomic mass is 9.84. The maximum absolute atomic E-state index is 11.4. The molecule has 2 N–H and O–H groups in total. The van der Waals surface area contributed by atoms with Gasteiger partial charge in [0, 0.05) is 12.0 Å². The molecular weight excluding hydrogens is 506 g/mol. The van der Waals surface area contributed by atoms with Crippen LogP contribution in [0.1, 0.15) is 43.7 Å². The van der Waals surface area contributed by atoms with Gasteiger partial charge in [-0.25, -0.2) is 4.98 Å². The van der Waals surface area contributed by atoms with Gasteiger partial charge in [-0.05, 0) is 49.3 Å². The summed E-state index contributed by atoms with van der Waals surface area (Å²) >= 11 is 6.63. The fourth-order valence-electron chi connectivity index (χ4n) is 5.74. The van der Waals surface area contributed by atoms with E-state index in [1.807, 2.05) is 12.1 Å². The van der Waals surface area contributed by atoms with Crippen molar-refractivity contribution in [1.82, 2.24) is 9.97 Å². The van der Waals surface area contributed by atoms with Gasteiger partial charge in [-0.3, -0.25) is 0 Å². The third kappa shape index (κ3) is 4.61. The number of carbonyl (C=O) groups excluding carboxylic acids is 1. The third-order valence-corrected chi connectivity index (χ3v) is 7.96. The standard InChI is InChI=1S/C29H28ClN3O5/c1-15(34)10-16-2-4-17(5-3-16)18-6-8-19(9-7-18)25-21(30)11-22-26(33-25)20(12-31)29(32-22)38-24-14-37-27-23(35)13-36-28(24)27/h4,6-9,11,16,23-24,27-28,32,35H,2-3,5,10,13-14H2,1H3/t16?,23-,24-,27-,28-/m1/s1. The highest BCUT2D eigenvalue weighted by atomic mass is 35.5. The molecule has 3 aliphatic rings. The van der Waals surface area contributed by atoms with Crippen LogP contribution < -0.4 is 4.74 Å². The van der Waals surface area contributed by atoms with Crippen molar-refractivity contribution in [2.75, 3.05) is 13.2 Å². The highest BCUT2D eigenvalue weighted by molar-refractivity contribution is 6.33. The first-order valence-electron chi connectivity index (χ1n) is 12.9. The molecule has 9 heteroatoms. The number of aliphatic hydroxyl groups is 1. The summed E-state index contributed by atoms with van der Waals surface area (Å²) in [5.74, 6) is 0.974. The van der Waals surface area contributed by atoms with Crippen LogP contribution in [0.3, 0.4) is 0 Å². The van der Waals surface area contributed by atoms with Crippen molar-refractivity contribution in [3.05, 3.63) is 52.6 Å². The minimum Gasteiger partial charge on any atom is -0.469 e. The van der Waals surface area contributed by atoms with Crippen molar-refractivity contribution >= 4 is 34.0 Å². The molecule has 1 aliphatic carbocycles. The number of hydrogen-bond acceptors (Lipinski definition) is 7. The van der Waals surface area contributed by atoms with Gasteiger partial charge in [0.15, 0.2) is 6.10 Å². The number of carbonyl (C=O) groups is 1. The Morgan fingerprint density at radius 1 is 1.24 bits per heavy atom. The number of pyridine rings is 1. The van der Waals surface area contributed by atoms with E-state index in [4.69, 9.17) is 30.8 Å². The first-order valence-corrected chi connectivity index (χ1v) is 13.3. The molecule has 1 aromatic carbocycles. The summed E-state index contributed by atoms with van der Waals surface area (Å²) in [6.45, 7) is 2.11. The Labute approximate surface area is 225 Å². The van der Waals surface area contributed by atoms with E-state index in [-0.39, 0.29) is 30.4 Å². The van der Waals surface area contributed by atoms with Crippen LogP contribution in [-0.2, 0) is 14.3 Å². The summed E-state index contributed by atoms with van der Waals surface area (Å²) in [5.41, 5.74) is 5.22. The quantitative estimate of drug-likeness (QED) is 0.466. The number of aliphatic hydroxyl groups excluding tert-OH is 1. The number of halogens is 1. The van der Waals surface area contributed by atoms with Crippen LogP contribution in [0.15, 0.2) is 36.4 Å². The Kier molecular flexibility index (Phi) is 6.70. The zero-order valence-corrected chi connectivity index (χ0v) is 21.7. The van der Waals surface area contributed by atoms with Crippen LogP contribution in [0.2, 0.25) is 5.02 Å². The zero-order valence-electron chi connectivity index (χ0n) is 20.9. The molecule has 6 rings (SSSR count). The summed E-state index contributed by atoms with van der Waals surface area (Å²) in [6.07, 6.45) is 3.85. The average molecular weight is 534 g/mol. The van der Waals surface area contributed by atoms with Crippen LogP contribution in [0.4, 0.5) is 0 Å². The molecule has 2 aliphatic heterocycles. The SMILES string of the molecule is CC(=O)CC1CC=C(c2ccc(-c3nc4c(C#N)c(O[C@@H]5CO[C@H]6[C@@H]5OC[C@H]6O)[nH]c4cc3Cl)cc2)CC1. The van der Waals surface area contributed by atoms with Gasteiger partial charge in [-0.1, -0.05) is 41.9 Å². The predicted molar refractivity (Wildman–Crippen MR) is 142 cm³/mol. The number of aromatic amines is 1. The fraction of sp³-hybridized carbons (Fsp3) is 0.414. The number of allylic oxidation sites excluding steroid dienone is 2. The largest absolute Gasteiger partial charge is 0.469 e. The molecule has 38 heavy (non-hydrogen) atoms. The van der Waals surface area contributed by atoms with E-state index in [0.717, 1.165) is 30.4 Å². The van der Waals surface area contributed by atoms with Crippen molar-refractivity contribution in [1.29, 1.82) is 5.26 Å². The molecule has 0 saturated carbocycles. The number of ether oxygens (including phenoxy) is 3. The molecule has 1 unspecified atom stereocenters. The van der Waals surface area contributed by atoms with Crippen molar-refractivity contribution < 1.29 is 24.1 Å². The van der Waals surface area contributed by atoms with E-state index in [2.05, 4.69) is 29.3 Å². The van der Waals surface area contributed by atoms with E-state index in [9.17, 15) is 15.2 Å². The van der Waals surface area contributed by atoms with Gasteiger partial charge < -0.3 is 29.1 Å². The topological polar surface area (TPSA) is 117 Å². The minimum absolute atomic E-state index is 0.198. The van der Waals surface area contributed by atoms with E-state index in [1.165, 1.54) is 5.57 Å². The summed E-state index contributed by atoms with van der Waals surface area (Å²) in [5, 5.41) is 20.4. The van der Waals surface area contributed by atoms with E-state index in [0.29, 0.717) is 34.1 Å². The van der Waals surface area contributed by atoms with E-state index >= 15 is 0 Å². The van der Waals surface area contributed by atoms with Crippen molar-refractivity contribution in [2.45, 2.75) is 57.0 Å². The molecule has 3 aromatic rings. The number of rotatable bonds is 6. The number of nitrogens with zero attached hydrogens (tertiary/aromatic N) is 2. The monoisotopic (exact) mass is 533 g/mol. The Balaban J connectivity index is 1.24. The minimum atomic E-state index is -0.681. The number of aromatic nitrogens is 2. The van der Waals surface area contributed by atoms with Crippen LogP contribution in [0.5, 0.6) is 5.88 Å². The first kappa shape index (κ1) is 25.1. The average Bonchev–Trinajstić information content (AvgIpc) is 3.58. The number of fused-ring (bicyclic) bond motifs is 2. The van der Waals surface area contributed by atoms with Crippen LogP contribution >= 0.6 is 11.6 Å². The number of nitriles is 1. The number of ketones is 1. The maximum Gasteiger partial charge on any atom is 0.212 e. The van der Waals surface area contributed by atoms with Gasteiger partial charge in [-0.2, -0.15) is 5.26 Å². The Bertz CT molecular complexity index is 1460. The van der Waals surface area contributed by atoms with Gasteiger partial charge in [0.1, 0.15) is 41.2 Å². The second kappa shape index (κ2) is 10.2. The van der Waals surface area contributed by atoms with E-state index < -0.39 is 24.4 Å². The van der Waals surface area contributed by atoms with Crippen LogP contribution in [-0.4, -0.2) is 58.5 Å². The maximum atomic E-state index is 11.4. The summed E-state index contributed by atoms with van der Waals surface area (Å²) in [6, 6.07) is 12.1. The molecule has 2 saturated heterocycles. The van der Waals surface area contributed by atoms with Gasteiger partial charge in [0.05, 0.1) is 29.4 Å². The zero-order chi connectivity index (χ0) is 26.4. The summed E-state index contributed by atoms with van der Waals surface area (Å²) in [7, 11) is 0. The van der Waals surface area contributed by atoms with Gasteiger partial charge in [0.25, 0.3) is 0 Å². The highest BCUT2D eigenvalue weighted by Gasteiger charge is 2.48. The molecule has 196 valence electrons. The summed E-state index contributed by atoms with van der Waals surface area (Å²) < 4.78 is 17.4. The van der Waals surface area contributed by atoms with Crippen molar-refractivity contribution in [2.24, 2.45) is 5.92 Å². The molecule has 0 radical (unpaired) electrons. The van der Waals surface area contributed by atoms with E-state index in [1.54, 1.807) is 13.0 Å². The molecular formula is C29H28ClN3O5. The normalized spacial score (nSPS) is 26.7. The summed E-state index contributed by atoms with van der Waals surface area (Å²) in [4.78, 5) is 19.3. The highest BCUT2D eigenvalue weighted by Crippen LogP contribution is 2.37. The molecule has 2 aromatic heterocycles. The number of benzene rings is 1. The molecule has 0 spiro atoms. The van der Waals surface area contributed by atoms with Gasteiger partial charge in [-0.15, -0.1) is 0 Å². The van der Waals surface area contributed by atoms with Crippen molar-refractivity contribution in [3.63, 3.8) is 0 Å². The molecule has 0 amide bonds. The fourth-order valence-corrected chi connectivity index (χ4v) is 6.00. The smallest absolute Gasteiger partial charge is 0.212 e. The lowest BCUT2D eigenvalue weighted by Crippen LogP contribution is -2.34. The van der Waals surface area contributed by atoms with Gasteiger partial charge in [0.2, 0.25) is 5.88 Å². The Hall–Kier alpha value is -3.22. The Morgan fingerprint density at radius 3 is 2.71 bits per heavy atom.